The number of halogens is 3. The second kappa shape index (κ2) is 7.94. The molecular formula is C19H21F3N6O. The van der Waals surface area contributed by atoms with E-state index in [1.165, 1.54) is 0 Å². The molecule has 1 unspecified atom stereocenters. The molecule has 0 aliphatic carbocycles. The molecule has 1 atom stereocenters. The number of anilines is 1. The number of piperazine rings is 1. The van der Waals surface area contributed by atoms with E-state index in [9.17, 15) is 18.0 Å². The van der Waals surface area contributed by atoms with Crippen molar-refractivity contribution in [1.29, 1.82) is 0 Å². The average Bonchev–Trinajstić information content (AvgIpc) is 3.07. The molecule has 1 amide bonds. The minimum absolute atomic E-state index is 0.153. The molecule has 2 saturated heterocycles. The number of hydrogen-bond acceptors (Lipinski definition) is 6. The van der Waals surface area contributed by atoms with E-state index >= 15 is 0 Å². The highest BCUT2D eigenvalue weighted by molar-refractivity contribution is 5.84. The molecule has 4 rings (SSSR count). The molecule has 4 heterocycles. The number of alkyl halides is 3. The maximum Gasteiger partial charge on any atom is 0.406 e. The first-order valence-corrected chi connectivity index (χ1v) is 9.49. The van der Waals surface area contributed by atoms with E-state index in [0.717, 1.165) is 16.2 Å². The molecule has 29 heavy (non-hydrogen) atoms. The zero-order valence-corrected chi connectivity index (χ0v) is 15.7. The van der Waals surface area contributed by atoms with Crippen LogP contribution in [-0.2, 0) is 4.79 Å². The van der Waals surface area contributed by atoms with Gasteiger partial charge in [0.15, 0.2) is 0 Å². The van der Waals surface area contributed by atoms with Crippen molar-refractivity contribution in [2.24, 2.45) is 0 Å². The number of pyridine rings is 1. The van der Waals surface area contributed by atoms with Gasteiger partial charge in [-0.25, -0.2) is 9.97 Å². The van der Waals surface area contributed by atoms with Crippen molar-refractivity contribution in [2.75, 3.05) is 44.2 Å². The molecule has 0 N–H and O–H groups in total. The van der Waals surface area contributed by atoms with Crippen LogP contribution in [0.15, 0.2) is 36.8 Å². The SMILES string of the molecule is O=C1C(N2CCN(c3nccc(-c4ccncc4)n3)CC2)CCN1CC(F)(F)F. The predicted molar refractivity (Wildman–Crippen MR) is 100 cm³/mol. The summed E-state index contributed by atoms with van der Waals surface area (Å²) in [5.41, 5.74) is 1.75. The van der Waals surface area contributed by atoms with Crippen molar-refractivity contribution in [3.63, 3.8) is 0 Å². The quantitative estimate of drug-likeness (QED) is 0.772. The van der Waals surface area contributed by atoms with Gasteiger partial charge in [-0.2, -0.15) is 13.2 Å². The third kappa shape index (κ3) is 4.47. The predicted octanol–water partition coefficient (Wildman–Crippen LogP) is 1.82. The van der Waals surface area contributed by atoms with Gasteiger partial charge < -0.3 is 9.80 Å². The van der Waals surface area contributed by atoms with Crippen LogP contribution in [0.2, 0.25) is 0 Å². The van der Waals surface area contributed by atoms with Crippen molar-refractivity contribution in [3.8, 4) is 11.3 Å². The van der Waals surface area contributed by atoms with Crippen molar-refractivity contribution in [2.45, 2.75) is 18.6 Å². The molecule has 0 spiro atoms. The van der Waals surface area contributed by atoms with Gasteiger partial charge in [0.1, 0.15) is 6.54 Å². The van der Waals surface area contributed by atoms with Crippen molar-refractivity contribution in [1.82, 2.24) is 24.8 Å². The lowest BCUT2D eigenvalue weighted by Crippen LogP contribution is -2.53. The zero-order chi connectivity index (χ0) is 20.4. The minimum Gasteiger partial charge on any atom is -0.338 e. The standard InChI is InChI=1S/C19H21F3N6O/c20-19(21,22)13-28-8-4-16(17(28)29)26-9-11-27(12-10-26)18-24-7-3-15(25-18)14-1-5-23-6-2-14/h1-3,5-7,16H,4,8-13H2. The van der Waals surface area contributed by atoms with Crippen LogP contribution in [0.5, 0.6) is 0 Å². The summed E-state index contributed by atoms with van der Waals surface area (Å²) in [6.07, 6.45) is 1.19. The number of likely N-dealkylation sites (tertiary alicyclic amines) is 1. The van der Waals surface area contributed by atoms with Crippen LogP contribution < -0.4 is 4.90 Å². The number of rotatable bonds is 4. The Labute approximate surface area is 166 Å². The first-order chi connectivity index (χ1) is 13.9. The van der Waals surface area contributed by atoms with E-state index in [1.807, 2.05) is 28.0 Å². The van der Waals surface area contributed by atoms with Gasteiger partial charge in [0.05, 0.1) is 11.7 Å². The normalized spacial score (nSPS) is 21.1. The minimum atomic E-state index is -4.36. The lowest BCUT2D eigenvalue weighted by molar-refractivity contribution is -0.159. The van der Waals surface area contributed by atoms with Gasteiger partial charge >= 0.3 is 6.18 Å². The van der Waals surface area contributed by atoms with Crippen LogP contribution in [0.3, 0.4) is 0 Å². The lowest BCUT2D eigenvalue weighted by atomic mass is 10.2. The third-order valence-corrected chi connectivity index (χ3v) is 5.30. The molecule has 154 valence electrons. The smallest absolute Gasteiger partial charge is 0.338 e. The fourth-order valence-electron chi connectivity index (χ4n) is 3.85. The highest BCUT2D eigenvalue weighted by Gasteiger charge is 2.42. The van der Waals surface area contributed by atoms with Gasteiger partial charge in [-0.05, 0) is 24.6 Å². The highest BCUT2D eigenvalue weighted by Crippen LogP contribution is 2.25. The van der Waals surface area contributed by atoms with Gasteiger partial charge in [0.25, 0.3) is 0 Å². The summed E-state index contributed by atoms with van der Waals surface area (Å²) in [6, 6.07) is 5.12. The molecule has 7 nitrogen and oxygen atoms in total. The molecule has 2 fully saturated rings. The van der Waals surface area contributed by atoms with Gasteiger partial charge in [0.2, 0.25) is 11.9 Å². The molecular weight excluding hydrogens is 385 g/mol. The molecule has 2 aliphatic heterocycles. The van der Waals surface area contributed by atoms with E-state index in [-0.39, 0.29) is 6.54 Å². The Kier molecular flexibility index (Phi) is 5.35. The summed E-state index contributed by atoms with van der Waals surface area (Å²) >= 11 is 0. The summed E-state index contributed by atoms with van der Waals surface area (Å²) in [5, 5.41) is 0. The summed E-state index contributed by atoms with van der Waals surface area (Å²) in [5.74, 6) is 0.183. The summed E-state index contributed by atoms with van der Waals surface area (Å²) < 4.78 is 37.8. The van der Waals surface area contributed by atoms with Gasteiger partial charge in [0, 0.05) is 56.9 Å². The molecule has 2 aromatic rings. The van der Waals surface area contributed by atoms with Gasteiger partial charge in [-0.1, -0.05) is 0 Å². The van der Waals surface area contributed by atoms with Crippen LogP contribution in [0.4, 0.5) is 19.1 Å². The fourth-order valence-corrected chi connectivity index (χ4v) is 3.85. The second-order valence-corrected chi connectivity index (χ2v) is 7.18. The van der Waals surface area contributed by atoms with Crippen molar-refractivity contribution < 1.29 is 18.0 Å². The van der Waals surface area contributed by atoms with Gasteiger partial charge in [-0.15, -0.1) is 0 Å². The Hall–Kier alpha value is -2.75. The fraction of sp³-hybridized carbons (Fsp3) is 0.474. The number of carbonyl (C=O) groups is 1. The topological polar surface area (TPSA) is 65.5 Å². The average molecular weight is 406 g/mol. The first-order valence-electron chi connectivity index (χ1n) is 9.49. The van der Waals surface area contributed by atoms with E-state index in [1.54, 1.807) is 18.6 Å². The summed E-state index contributed by atoms with van der Waals surface area (Å²) in [4.78, 5) is 30.3. The Bertz CT molecular complexity index is 855. The molecule has 0 aromatic carbocycles. The van der Waals surface area contributed by atoms with Crippen molar-refractivity contribution in [3.05, 3.63) is 36.8 Å². The van der Waals surface area contributed by atoms with Crippen LogP contribution in [0.1, 0.15) is 6.42 Å². The molecule has 0 saturated carbocycles. The number of aromatic nitrogens is 3. The maximum absolute atomic E-state index is 12.6. The van der Waals surface area contributed by atoms with Crippen LogP contribution in [-0.4, -0.2) is 82.1 Å². The Balaban J connectivity index is 1.37. The number of nitrogens with zero attached hydrogens (tertiary/aromatic N) is 6. The molecule has 10 heteroatoms. The molecule has 2 aliphatic rings. The van der Waals surface area contributed by atoms with E-state index in [4.69, 9.17) is 0 Å². The Morgan fingerprint density at radius 1 is 1.00 bits per heavy atom. The molecule has 2 aromatic heterocycles. The van der Waals surface area contributed by atoms with Crippen LogP contribution in [0.25, 0.3) is 11.3 Å². The molecule has 0 radical (unpaired) electrons. The largest absolute Gasteiger partial charge is 0.406 e. The van der Waals surface area contributed by atoms with Crippen LogP contribution in [0, 0.1) is 0 Å². The van der Waals surface area contributed by atoms with Gasteiger partial charge in [-0.3, -0.25) is 14.7 Å². The molecule has 0 bridgehead atoms. The number of amides is 1. The summed E-state index contributed by atoms with van der Waals surface area (Å²) in [6.45, 7) is 1.38. The van der Waals surface area contributed by atoms with E-state index < -0.39 is 24.7 Å². The Morgan fingerprint density at radius 2 is 1.72 bits per heavy atom. The maximum atomic E-state index is 12.6. The summed E-state index contributed by atoms with van der Waals surface area (Å²) in [7, 11) is 0. The third-order valence-electron chi connectivity index (χ3n) is 5.30. The second-order valence-electron chi connectivity index (χ2n) is 7.18. The lowest BCUT2D eigenvalue weighted by Gasteiger charge is -2.37. The highest BCUT2D eigenvalue weighted by atomic mass is 19.4. The zero-order valence-electron chi connectivity index (χ0n) is 15.7. The van der Waals surface area contributed by atoms with Crippen LogP contribution >= 0.6 is 0 Å². The van der Waals surface area contributed by atoms with Crippen molar-refractivity contribution >= 4 is 11.9 Å². The van der Waals surface area contributed by atoms with E-state index in [2.05, 4.69) is 15.0 Å². The Morgan fingerprint density at radius 3 is 2.41 bits per heavy atom. The first kappa shape index (κ1) is 19.6. The monoisotopic (exact) mass is 406 g/mol. The number of hydrogen-bond donors (Lipinski definition) is 0. The van der Waals surface area contributed by atoms with E-state index in [0.29, 0.717) is 38.5 Å². The number of carbonyl (C=O) groups excluding carboxylic acids is 1.